The first-order valence-corrected chi connectivity index (χ1v) is 9.61. The zero-order valence-corrected chi connectivity index (χ0v) is 16.7. The van der Waals surface area contributed by atoms with Gasteiger partial charge in [0.25, 0.3) is 0 Å². The number of fused-ring (bicyclic) bond motifs is 1. The topological polar surface area (TPSA) is 61.6 Å². The molecule has 0 aliphatic carbocycles. The minimum absolute atomic E-state index is 0.172. The van der Waals surface area contributed by atoms with Gasteiger partial charge in [-0.2, -0.15) is 4.98 Å². The Hall–Kier alpha value is -1.90. The van der Waals surface area contributed by atoms with Crippen molar-refractivity contribution in [3.8, 4) is 0 Å². The molecule has 7 nitrogen and oxygen atoms in total. The number of nitrogens with zero attached hydrogens (tertiary/aromatic N) is 6. The molecule has 1 aliphatic rings. The van der Waals surface area contributed by atoms with Crippen LogP contribution in [-0.2, 0) is 6.54 Å². The first kappa shape index (κ1) is 17.5. The predicted molar refractivity (Wildman–Crippen MR) is 107 cm³/mol. The van der Waals surface area contributed by atoms with Crippen molar-refractivity contribution in [1.82, 2.24) is 24.5 Å². The lowest BCUT2D eigenvalue weighted by Crippen LogP contribution is -2.44. The van der Waals surface area contributed by atoms with Crippen LogP contribution >= 0.6 is 27.5 Å². The van der Waals surface area contributed by atoms with Gasteiger partial charge in [-0.1, -0.05) is 18.2 Å². The Morgan fingerprint density at radius 2 is 1.96 bits per heavy atom. The number of aromatic nitrogens is 4. The van der Waals surface area contributed by atoms with E-state index in [0.717, 1.165) is 30.8 Å². The molecule has 0 radical (unpaired) electrons. The number of para-hydroxylation sites is 1. The maximum absolute atomic E-state index is 6.06. The standard InChI is InChI=1S/C17H19BrClN7/c1-24-6-8-25(9-7-24)13-5-3-2-4-12(13)10-20-15-16-21-11-14(18)26(16)23-17(19)22-15/h2-5,11H,6-10H2,1H3,(H,20,22,23). The summed E-state index contributed by atoms with van der Waals surface area (Å²) in [6, 6.07) is 8.47. The lowest BCUT2D eigenvalue weighted by Gasteiger charge is -2.35. The molecule has 26 heavy (non-hydrogen) atoms. The van der Waals surface area contributed by atoms with Gasteiger partial charge in [0, 0.05) is 38.4 Å². The number of nitrogens with one attached hydrogen (secondary N) is 1. The van der Waals surface area contributed by atoms with Crippen LogP contribution in [-0.4, -0.2) is 57.7 Å². The minimum Gasteiger partial charge on any atom is -0.369 e. The molecule has 9 heteroatoms. The van der Waals surface area contributed by atoms with Crippen molar-refractivity contribution in [1.29, 1.82) is 0 Å². The van der Waals surface area contributed by atoms with Gasteiger partial charge in [-0.05, 0) is 46.2 Å². The van der Waals surface area contributed by atoms with Gasteiger partial charge in [0.05, 0.1) is 6.20 Å². The summed E-state index contributed by atoms with van der Waals surface area (Å²) in [6.45, 7) is 4.85. The molecule has 1 aliphatic heterocycles. The van der Waals surface area contributed by atoms with E-state index in [-0.39, 0.29) is 5.28 Å². The quantitative estimate of drug-likeness (QED) is 0.678. The Kier molecular flexibility index (Phi) is 4.97. The lowest BCUT2D eigenvalue weighted by molar-refractivity contribution is 0.312. The molecule has 4 rings (SSSR count). The molecule has 3 aromatic rings. The fourth-order valence-electron chi connectivity index (χ4n) is 3.14. The summed E-state index contributed by atoms with van der Waals surface area (Å²) in [6.07, 6.45) is 1.68. The van der Waals surface area contributed by atoms with Crippen molar-refractivity contribution in [2.75, 3.05) is 43.4 Å². The molecular formula is C17H19BrClN7. The molecule has 2 aromatic heterocycles. The molecule has 1 saturated heterocycles. The molecule has 0 bridgehead atoms. The van der Waals surface area contributed by atoms with E-state index in [4.69, 9.17) is 11.6 Å². The molecule has 3 heterocycles. The fourth-order valence-corrected chi connectivity index (χ4v) is 3.65. The maximum atomic E-state index is 6.06. The summed E-state index contributed by atoms with van der Waals surface area (Å²) in [4.78, 5) is 13.4. The second-order valence-corrected chi connectivity index (χ2v) is 7.47. The minimum atomic E-state index is 0.172. The van der Waals surface area contributed by atoms with Gasteiger partial charge >= 0.3 is 0 Å². The van der Waals surface area contributed by atoms with E-state index >= 15 is 0 Å². The summed E-state index contributed by atoms with van der Waals surface area (Å²) < 4.78 is 2.36. The normalized spacial score (nSPS) is 15.6. The number of hydrogen-bond acceptors (Lipinski definition) is 6. The number of hydrogen-bond donors (Lipinski definition) is 1. The Morgan fingerprint density at radius 1 is 1.19 bits per heavy atom. The summed E-state index contributed by atoms with van der Waals surface area (Å²) in [5.74, 6) is 0.615. The zero-order chi connectivity index (χ0) is 18.1. The second kappa shape index (κ2) is 7.38. The van der Waals surface area contributed by atoms with Gasteiger partial charge in [-0.15, -0.1) is 5.10 Å². The zero-order valence-electron chi connectivity index (χ0n) is 14.4. The van der Waals surface area contributed by atoms with E-state index in [9.17, 15) is 0 Å². The third-order valence-corrected chi connectivity index (χ3v) is 5.28. The average Bonchev–Trinajstić information content (AvgIpc) is 3.02. The number of benzene rings is 1. The van der Waals surface area contributed by atoms with Gasteiger partial charge in [-0.25, -0.2) is 9.50 Å². The highest BCUT2D eigenvalue weighted by Crippen LogP contribution is 2.24. The second-order valence-electron chi connectivity index (χ2n) is 6.32. The van der Waals surface area contributed by atoms with Crippen molar-refractivity contribution >= 4 is 44.7 Å². The molecule has 1 N–H and O–H groups in total. The van der Waals surface area contributed by atoms with E-state index < -0.39 is 0 Å². The van der Waals surface area contributed by atoms with Crippen molar-refractivity contribution < 1.29 is 0 Å². The number of likely N-dealkylation sites (N-methyl/N-ethyl adjacent to an activating group) is 1. The smallest absolute Gasteiger partial charge is 0.243 e. The molecule has 0 spiro atoms. The van der Waals surface area contributed by atoms with Crippen LogP contribution in [0.15, 0.2) is 35.1 Å². The highest BCUT2D eigenvalue weighted by atomic mass is 79.9. The Balaban J connectivity index is 1.58. The highest BCUT2D eigenvalue weighted by Gasteiger charge is 2.17. The van der Waals surface area contributed by atoms with Crippen LogP contribution in [0, 0.1) is 0 Å². The van der Waals surface area contributed by atoms with E-state index in [1.54, 1.807) is 10.7 Å². The summed E-state index contributed by atoms with van der Waals surface area (Å²) in [7, 11) is 2.16. The molecular weight excluding hydrogens is 418 g/mol. The van der Waals surface area contributed by atoms with Gasteiger partial charge < -0.3 is 15.1 Å². The predicted octanol–water partition coefficient (Wildman–Crippen LogP) is 2.90. The van der Waals surface area contributed by atoms with Crippen LogP contribution in [0.1, 0.15) is 5.56 Å². The highest BCUT2D eigenvalue weighted by molar-refractivity contribution is 9.10. The molecule has 136 valence electrons. The molecule has 0 saturated carbocycles. The summed E-state index contributed by atoms with van der Waals surface area (Å²) in [5, 5.41) is 7.70. The monoisotopic (exact) mass is 435 g/mol. The maximum Gasteiger partial charge on any atom is 0.243 e. The summed E-state index contributed by atoms with van der Waals surface area (Å²) in [5.41, 5.74) is 3.11. The van der Waals surface area contributed by atoms with Gasteiger partial charge in [0.1, 0.15) is 4.60 Å². The van der Waals surface area contributed by atoms with Crippen LogP contribution < -0.4 is 10.2 Å². The number of halogens is 2. The van der Waals surface area contributed by atoms with Crippen molar-refractivity contribution in [3.05, 3.63) is 45.9 Å². The number of anilines is 2. The third-order valence-electron chi connectivity index (χ3n) is 4.58. The molecule has 0 amide bonds. The van der Waals surface area contributed by atoms with Crippen molar-refractivity contribution in [2.24, 2.45) is 0 Å². The Morgan fingerprint density at radius 3 is 2.77 bits per heavy atom. The molecule has 1 aromatic carbocycles. The van der Waals surface area contributed by atoms with Gasteiger partial charge in [0.2, 0.25) is 5.28 Å². The van der Waals surface area contributed by atoms with Crippen molar-refractivity contribution in [3.63, 3.8) is 0 Å². The largest absolute Gasteiger partial charge is 0.369 e. The molecule has 1 fully saturated rings. The lowest BCUT2D eigenvalue weighted by atomic mass is 10.1. The number of rotatable bonds is 4. The van der Waals surface area contributed by atoms with E-state index in [2.05, 4.69) is 77.4 Å². The number of piperazine rings is 1. The SMILES string of the molecule is CN1CCN(c2ccccc2CNc2nc(Cl)nn3c(Br)cnc23)CC1. The first-order valence-electron chi connectivity index (χ1n) is 8.44. The van der Waals surface area contributed by atoms with E-state index in [1.807, 2.05) is 0 Å². The Bertz CT molecular complexity index is 921. The first-order chi connectivity index (χ1) is 12.6. The summed E-state index contributed by atoms with van der Waals surface area (Å²) >= 11 is 9.47. The van der Waals surface area contributed by atoms with Crippen LogP contribution in [0.3, 0.4) is 0 Å². The van der Waals surface area contributed by atoms with Crippen molar-refractivity contribution in [2.45, 2.75) is 6.54 Å². The molecule has 0 unspecified atom stereocenters. The van der Waals surface area contributed by atoms with E-state index in [1.165, 1.54) is 11.3 Å². The molecule has 0 atom stereocenters. The van der Waals surface area contributed by atoms with Crippen LogP contribution in [0.4, 0.5) is 11.5 Å². The van der Waals surface area contributed by atoms with E-state index in [0.29, 0.717) is 18.0 Å². The van der Waals surface area contributed by atoms with Gasteiger partial charge in [0.15, 0.2) is 11.5 Å². The third kappa shape index (κ3) is 3.49. The Labute approximate surface area is 165 Å². The number of imidazole rings is 1. The van der Waals surface area contributed by atoms with Crippen LogP contribution in [0.25, 0.3) is 5.65 Å². The van der Waals surface area contributed by atoms with Gasteiger partial charge in [-0.3, -0.25) is 0 Å². The average molecular weight is 437 g/mol. The van der Waals surface area contributed by atoms with Crippen LogP contribution in [0.2, 0.25) is 5.28 Å². The van der Waals surface area contributed by atoms with Crippen LogP contribution in [0.5, 0.6) is 0 Å². The fraction of sp³-hybridized carbons (Fsp3) is 0.353.